The van der Waals surface area contributed by atoms with Gasteiger partial charge in [-0.25, -0.2) is 0 Å². The van der Waals surface area contributed by atoms with Crippen molar-refractivity contribution < 1.29 is 14.3 Å². The van der Waals surface area contributed by atoms with Crippen molar-refractivity contribution in [2.75, 3.05) is 24.4 Å². The summed E-state index contributed by atoms with van der Waals surface area (Å²) in [6.07, 6.45) is 4.33. The number of ether oxygens (including phenoxy) is 1. The smallest absolute Gasteiger partial charge is 0.315 e. The molecule has 0 bridgehead atoms. The second-order valence-electron chi connectivity index (χ2n) is 5.46. The van der Waals surface area contributed by atoms with Crippen molar-refractivity contribution in [2.45, 2.75) is 13.0 Å². The molecule has 3 aromatic rings. The Hall–Kier alpha value is -3.13. The highest BCUT2D eigenvalue weighted by Gasteiger charge is 2.16. The molecule has 0 fully saturated rings. The van der Waals surface area contributed by atoms with E-state index in [4.69, 9.17) is 4.74 Å². The van der Waals surface area contributed by atoms with Crippen LogP contribution in [-0.2, 0) is 20.9 Å². The van der Waals surface area contributed by atoms with E-state index in [-0.39, 0.29) is 0 Å². The highest BCUT2D eigenvalue weighted by atomic mass is 16.5. The number of fused-ring (bicyclic) bond motifs is 1. The van der Waals surface area contributed by atoms with Gasteiger partial charge in [0.15, 0.2) is 5.82 Å². The molecule has 0 unspecified atom stereocenters. The third-order valence-electron chi connectivity index (χ3n) is 3.67. The van der Waals surface area contributed by atoms with Crippen LogP contribution in [0.4, 0.5) is 11.5 Å². The van der Waals surface area contributed by atoms with Crippen molar-refractivity contribution in [1.82, 2.24) is 14.8 Å². The van der Waals surface area contributed by atoms with E-state index in [0.29, 0.717) is 24.7 Å². The summed E-state index contributed by atoms with van der Waals surface area (Å²) in [4.78, 5) is 27.2. The van der Waals surface area contributed by atoms with Crippen LogP contribution in [0.15, 0.2) is 42.7 Å². The number of nitrogens with one attached hydrogen (secondary N) is 3. The Balaban J connectivity index is 1.59. The maximum Gasteiger partial charge on any atom is 0.315 e. The highest BCUT2D eigenvalue weighted by molar-refractivity contribution is 6.44. The van der Waals surface area contributed by atoms with Gasteiger partial charge in [-0.05, 0) is 24.6 Å². The van der Waals surface area contributed by atoms with Crippen molar-refractivity contribution in [3.63, 3.8) is 0 Å². The SMILES string of the molecule is COCCCn1ccc(NC(=O)C(=O)Nc2cccc3[nH]ccc23)n1. The molecule has 0 saturated carbocycles. The summed E-state index contributed by atoms with van der Waals surface area (Å²) >= 11 is 0. The molecule has 8 heteroatoms. The Labute approximate surface area is 144 Å². The fourth-order valence-corrected chi connectivity index (χ4v) is 2.47. The Bertz CT molecular complexity index is 883. The van der Waals surface area contributed by atoms with Crippen molar-refractivity contribution in [1.29, 1.82) is 0 Å². The standard InChI is InChI=1S/C17H19N5O3/c1-25-11-3-9-22-10-7-15(21-22)20-17(24)16(23)19-14-5-2-4-13-12(14)6-8-18-13/h2,4-8,10,18H,3,9,11H2,1H3,(H,19,23)(H,20,21,24). The van der Waals surface area contributed by atoms with Crippen LogP contribution in [-0.4, -0.2) is 40.3 Å². The maximum absolute atomic E-state index is 12.1. The van der Waals surface area contributed by atoms with Gasteiger partial charge >= 0.3 is 11.8 Å². The minimum Gasteiger partial charge on any atom is -0.385 e. The van der Waals surface area contributed by atoms with Crippen LogP contribution in [0.25, 0.3) is 10.9 Å². The van der Waals surface area contributed by atoms with Crippen LogP contribution in [0, 0.1) is 0 Å². The number of carbonyl (C=O) groups is 2. The molecule has 2 heterocycles. The molecule has 0 atom stereocenters. The van der Waals surface area contributed by atoms with Crippen molar-refractivity contribution in [3.05, 3.63) is 42.7 Å². The molecule has 8 nitrogen and oxygen atoms in total. The van der Waals surface area contributed by atoms with Crippen molar-refractivity contribution in [2.24, 2.45) is 0 Å². The van der Waals surface area contributed by atoms with Gasteiger partial charge in [-0.15, -0.1) is 0 Å². The molecule has 0 spiro atoms. The van der Waals surface area contributed by atoms with E-state index in [2.05, 4.69) is 20.7 Å². The number of hydrogen-bond donors (Lipinski definition) is 3. The van der Waals surface area contributed by atoms with E-state index >= 15 is 0 Å². The Morgan fingerprint density at radius 2 is 2.04 bits per heavy atom. The van der Waals surface area contributed by atoms with Crippen molar-refractivity contribution >= 4 is 34.2 Å². The molecule has 3 rings (SSSR count). The lowest BCUT2D eigenvalue weighted by atomic mass is 10.2. The van der Waals surface area contributed by atoms with Gasteiger partial charge < -0.3 is 20.4 Å². The number of methoxy groups -OCH3 is 1. The van der Waals surface area contributed by atoms with E-state index in [1.54, 1.807) is 42.4 Å². The minimum atomic E-state index is -0.769. The first-order valence-electron chi connectivity index (χ1n) is 7.88. The summed E-state index contributed by atoms with van der Waals surface area (Å²) in [5.41, 5.74) is 1.46. The zero-order valence-electron chi connectivity index (χ0n) is 13.8. The predicted octanol–water partition coefficient (Wildman–Crippen LogP) is 1.98. The Kier molecular flexibility index (Phi) is 5.10. The summed E-state index contributed by atoms with van der Waals surface area (Å²) in [5.74, 6) is -1.19. The van der Waals surface area contributed by atoms with E-state index < -0.39 is 11.8 Å². The van der Waals surface area contributed by atoms with Crippen molar-refractivity contribution in [3.8, 4) is 0 Å². The Morgan fingerprint density at radius 1 is 1.20 bits per heavy atom. The molecule has 2 aromatic heterocycles. The van der Waals surface area contributed by atoms with Gasteiger partial charge in [0, 0.05) is 49.6 Å². The molecule has 0 aliphatic rings. The molecule has 0 aliphatic heterocycles. The normalized spacial score (nSPS) is 10.8. The first-order valence-corrected chi connectivity index (χ1v) is 7.88. The van der Waals surface area contributed by atoms with Gasteiger partial charge in [-0.1, -0.05) is 6.07 Å². The molecule has 0 aliphatic carbocycles. The van der Waals surface area contributed by atoms with Gasteiger partial charge in [0.1, 0.15) is 0 Å². The summed E-state index contributed by atoms with van der Waals surface area (Å²) < 4.78 is 6.67. The average molecular weight is 341 g/mol. The van der Waals surface area contributed by atoms with E-state index in [1.807, 2.05) is 12.1 Å². The number of hydrogen-bond acceptors (Lipinski definition) is 4. The largest absolute Gasteiger partial charge is 0.385 e. The lowest BCUT2D eigenvalue weighted by molar-refractivity contribution is -0.133. The van der Waals surface area contributed by atoms with E-state index in [0.717, 1.165) is 17.3 Å². The quantitative estimate of drug-likeness (QED) is 0.471. The van der Waals surface area contributed by atoms with Gasteiger partial charge in [0.2, 0.25) is 0 Å². The molecule has 0 saturated heterocycles. The minimum absolute atomic E-state index is 0.331. The summed E-state index contributed by atoms with van der Waals surface area (Å²) in [6, 6.07) is 8.91. The van der Waals surface area contributed by atoms with Gasteiger partial charge in [0.25, 0.3) is 0 Å². The maximum atomic E-state index is 12.1. The molecule has 3 N–H and O–H groups in total. The molecule has 130 valence electrons. The van der Waals surface area contributed by atoms with Crippen LogP contribution in [0.2, 0.25) is 0 Å². The second kappa shape index (κ2) is 7.63. The second-order valence-corrected chi connectivity index (χ2v) is 5.46. The summed E-state index contributed by atoms with van der Waals surface area (Å²) in [7, 11) is 1.64. The third-order valence-corrected chi connectivity index (χ3v) is 3.67. The lowest BCUT2D eigenvalue weighted by Gasteiger charge is -2.06. The Morgan fingerprint density at radius 3 is 2.88 bits per heavy atom. The van der Waals surface area contributed by atoms with Crippen LogP contribution in [0.3, 0.4) is 0 Å². The number of carbonyl (C=O) groups excluding carboxylic acids is 2. The molecular weight excluding hydrogens is 322 g/mol. The van der Waals surface area contributed by atoms with Crippen LogP contribution >= 0.6 is 0 Å². The summed E-state index contributed by atoms with van der Waals surface area (Å²) in [6.45, 7) is 1.31. The predicted molar refractivity (Wildman–Crippen MR) is 94.3 cm³/mol. The van der Waals surface area contributed by atoms with Crippen LogP contribution in [0.5, 0.6) is 0 Å². The molecule has 0 radical (unpaired) electrons. The zero-order chi connectivity index (χ0) is 17.6. The summed E-state index contributed by atoms with van der Waals surface area (Å²) in [5, 5.41) is 10.1. The number of anilines is 2. The molecular formula is C17H19N5O3. The monoisotopic (exact) mass is 341 g/mol. The highest BCUT2D eigenvalue weighted by Crippen LogP contribution is 2.22. The number of aromatic nitrogens is 3. The first-order chi connectivity index (χ1) is 12.2. The van der Waals surface area contributed by atoms with Crippen LogP contribution in [0.1, 0.15) is 6.42 Å². The zero-order valence-corrected chi connectivity index (χ0v) is 13.8. The lowest BCUT2D eigenvalue weighted by Crippen LogP contribution is -2.29. The number of aryl methyl sites for hydroxylation is 1. The van der Waals surface area contributed by atoms with E-state index in [9.17, 15) is 9.59 Å². The third kappa shape index (κ3) is 4.04. The van der Waals surface area contributed by atoms with Gasteiger partial charge in [0.05, 0.1) is 5.69 Å². The molecule has 1 aromatic carbocycles. The molecule has 25 heavy (non-hydrogen) atoms. The number of H-pyrrole nitrogens is 1. The number of rotatable bonds is 6. The number of aromatic amines is 1. The number of amides is 2. The molecule has 2 amide bonds. The number of benzene rings is 1. The fraction of sp³-hybridized carbons (Fsp3) is 0.235. The topological polar surface area (TPSA) is 101 Å². The van der Waals surface area contributed by atoms with E-state index in [1.165, 1.54) is 0 Å². The average Bonchev–Trinajstić information content (AvgIpc) is 3.25. The first kappa shape index (κ1) is 16.7. The van der Waals surface area contributed by atoms with Gasteiger partial charge in [-0.2, -0.15) is 5.10 Å². The fourth-order valence-electron chi connectivity index (χ4n) is 2.47. The van der Waals surface area contributed by atoms with Crippen LogP contribution < -0.4 is 10.6 Å². The number of nitrogens with zero attached hydrogens (tertiary/aromatic N) is 2. The van der Waals surface area contributed by atoms with Gasteiger partial charge in [-0.3, -0.25) is 14.3 Å².